The van der Waals surface area contributed by atoms with E-state index in [1.165, 1.54) is 24.8 Å². The van der Waals surface area contributed by atoms with Crippen LogP contribution in [0.2, 0.25) is 5.02 Å². The van der Waals surface area contributed by atoms with Crippen molar-refractivity contribution in [1.29, 1.82) is 5.26 Å². The van der Waals surface area contributed by atoms with Crippen molar-refractivity contribution in [2.24, 2.45) is 16.1 Å². The molecule has 0 amide bonds. The smallest absolute Gasteiger partial charge is 0.0995 e. The van der Waals surface area contributed by atoms with Crippen molar-refractivity contribution >= 4 is 11.6 Å². The van der Waals surface area contributed by atoms with Crippen LogP contribution in [-0.4, -0.2) is 41.5 Å². The molecule has 2 fully saturated rings. The molecule has 0 radical (unpaired) electrons. The fourth-order valence-corrected chi connectivity index (χ4v) is 6.50. The summed E-state index contributed by atoms with van der Waals surface area (Å²) < 4.78 is 0. The quantitative estimate of drug-likeness (QED) is 0.135. The molecule has 9 nitrogen and oxygen atoms in total. The highest BCUT2D eigenvalue weighted by atomic mass is 35.5. The van der Waals surface area contributed by atoms with Gasteiger partial charge in [-0.1, -0.05) is 72.8 Å². The molecule has 1 saturated carbocycles. The number of benzene rings is 2. The maximum Gasteiger partial charge on any atom is 0.0995 e. The van der Waals surface area contributed by atoms with Crippen molar-refractivity contribution in [3.63, 3.8) is 0 Å². The molecule has 3 unspecified atom stereocenters. The third-order valence-corrected chi connectivity index (χ3v) is 9.11. The SMILES string of the molecule is CCCC(C)(CCC(N=[N+]=[N-])c1ccc(C#N)c(CN2CCN(C(c3ccc(Cl)cc3)C3CCC3)CC2)c1)N=[N+]=[N-]. The lowest BCUT2D eigenvalue weighted by atomic mass is 9.76. The zero-order chi connectivity index (χ0) is 29.2. The molecule has 2 aromatic rings. The summed E-state index contributed by atoms with van der Waals surface area (Å²) in [5.41, 5.74) is 21.7. The predicted molar refractivity (Wildman–Crippen MR) is 163 cm³/mol. The molecule has 0 spiro atoms. The summed E-state index contributed by atoms with van der Waals surface area (Å²) in [6, 6.07) is 16.5. The number of nitriles is 1. The second-order valence-electron chi connectivity index (χ2n) is 11.7. The van der Waals surface area contributed by atoms with Crippen LogP contribution in [0.5, 0.6) is 0 Å². The van der Waals surface area contributed by atoms with E-state index in [4.69, 9.17) is 17.1 Å². The van der Waals surface area contributed by atoms with E-state index in [-0.39, 0.29) is 0 Å². The minimum atomic E-state index is -0.523. The highest BCUT2D eigenvalue weighted by molar-refractivity contribution is 6.30. The van der Waals surface area contributed by atoms with E-state index in [1.54, 1.807) is 0 Å². The molecule has 1 saturated heterocycles. The summed E-state index contributed by atoms with van der Waals surface area (Å²) >= 11 is 6.18. The van der Waals surface area contributed by atoms with Gasteiger partial charge in [0.2, 0.25) is 0 Å². The van der Waals surface area contributed by atoms with Crippen LogP contribution in [0, 0.1) is 17.2 Å². The van der Waals surface area contributed by atoms with Gasteiger partial charge >= 0.3 is 0 Å². The number of azide groups is 2. The van der Waals surface area contributed by atoms with Crippen molar-refractivity contribution in [3.05, 3.63) is 90.6 Å². The Hall–Kier alpha value is -3.24. The Morgan fingerprint density at radius 2 is 1.76 bits per heavy atom. The molecule has 10 heteroatoms. The van der Waals surface area contributed by atoms with Gasteiger partial charge < -0.3 is 0 Å². The van der Waals surface area contributed by atoms with Gasteiger partial charge in [0.15, 0.2) is 0 Å². The number of nitrogens with zero attached hydrogens (tertiary/aromatic N) is 9. The molecule has 41 heavy (non-hydrogen) atoms. The Morgan fingerprint density at radius 1 is 1.05 bits per heavy atom. The van der Waals surface area contributed by atoms with Crippen LogP contribution in [0.15, 0.2) is 52.7 Å². The minimum Gasteiger partial charge on any atom is -0.296 e. The molecule has 0 N–H and O–H groups in total. The fourth-order valence-electron chi connectivity index (χ4n) is 6.37. The second kappa shape index (κ2) is 14.6. The highest BCUT2D eigenvalue weighted by Crippen LogP contribution is 2.42. The molecule has 1 heterocycles. The first-order valence-electron chi connectivity index (χ1n) is 14.7. The van der Waals surface area contributed by atoms with Crippen LogP contribution in [0.25, 0.3) is 20.9 Å². The van der Waals surface area contributed by atoms with E-state index in [1.807, 2.05) is 37.3 Å². The average Bonchev–Trinajstić information content (AvgIpc) is 2.94. The van der Waals surface area contributed by atoms with E-state index in [0.717, 1.165) is 55.2 Å². The van der Waals surface area contributed by atoms with Crippen LogP contribution >= 0.6 is 11.6 Å². The Morgan fingerprint density at radius 3 is 2.34 bits per heavy atom. The van der Waals surface area contributed by atoms with E-state index in [2.05, 4.69) is 55.0 Å². The van der Waals surface area contributed by atoms with E-state index in [0.29, 0.717) is 36.9 Å². The van der Waals surface area contributed by atoms with Gasteiger partial charge in [-0.05, 0) is 84.0 Å². The molecule has 4 rings (SSSR count). The van der Waals surface area contributed by atoms with Gasteiger partial charge in [-0.2, -0.15) is 5.26 Å². The summed E-state index contributed by atoms with van der Waals surface area (Å²) in [7, 11) is 0. The zero-order valence-corrected chi connectivity index (χ0v) is 24.9. The molecule has 0 bridgehead atoms. The third kappa shape index (κ3) is 7.95. The fraction of sp³-hybridized carbons (Fsp3) is 0.581. The summed E-state index contributed by atoms with van der Waals surface area (Å²) in [5, 5.41) is 18.8. The Labute approximate surface area is 248 Å². The van der Waals surface area contributed by atoms with Crippen molar-refractivity contribution in [1.82, 2.24) is 9.80 Å². The number of halogens is 1. The molecular weight excluding hydrogens is 534 g/mol. The first-order chi connectivity index (χ1) is 19.9. The lowest BCUT2D eigenvalue weighted by Gasteiger charge is -2.45. The van der Waals surface area contributed by atoms with Crippen LogP contribution in [0.3, 0.4) is 0 Å². The Bertz CT molecular complexity index is 1300. The van der Waals surface area contributed by atoms with Crippen molar-refractivity contribution < 1.29 is 0 Å². The van der Waals surface area contributed by atoms with E-state index >= 15 is 0 Å². The average molecular weight is 574 g/mol. The topological polar surface area (TPSA) is 128 Å². The monoisotopic (exact) mass is 573 g/mol. The number of rotatable bonds is 13. The van der Waals surface area contributed by atoms with Crippen LogP contribution in [0.1, 0.15) is 93.1 Å². The molecule has 216 valence electrons. The summed E-state index contributed by atoms with van der Waals surface area (Å²) in [5.74, 6) is 0.695. The highest BCUT2D eigenvalue weighted by Gasteiger charge is 2.34. The minimum absolute atomic E-state index is 0.393. The summed E-state index contributed by atoms with van der Waals surface area (Å²) in [4.78, 5) is 11.2. The van der Waals surface area contributed by atoms with Crippen molar-refractivity contribution in [2.75, 3.05) is 26.2 Å². The van der Waals surface area contributed by atoms with Crippen LogP contribution < -0.4 is 0 Å². The van der Waals surface area contributed by atoms with Crippen LogP contribution in [-0.2, 0) is 6.54 Å². The molecule has 3 atom stereocenters. The van der Waals surface area contributed by atoms with Gasteiger partial charge in [-0.25, -0.2) is 0 Å². The second-order valence-corrected chi connectivity index (χ2v) is 12.2. The van der Waals surface area contributed by atoms with Gasteiger partial charge in [0, 0.05) is 59.2 Å². The van der Waals surface area contributed by atoms with Gasteiger partial charge in [-0.15, -0.1) is 0 Å². The lowest BCUT2D eigenvalue weighted by Crippen LogP contribution is -2.49. The van der Waals surface area contributed by atoms with Gasteiger partial charge in [0.1, 0.15) is 0 Å². The van der Waals surface area contributed by atoms with Gasteiger partial charge in [0.25, 0.3) is 0 Å². The van der Waals surface area contributed by atoms with Gasteiger partial charge in [-0.3, -0.25) is 9.80 Å². The van der Waals surface area contributed by atoms with Crippen LogP contribution in [0.4, 0.5) is 0 Å². The molecular formula is C31H40ClN9. The summed E-state index contributed by atoms with van der Waals surface area (Å²) in [6.45, 7) is 8.49. The third-order valence-electron chi connectivity index (χ3n) is 8.86. The number of hydrogen-bond donors (Lipinski definition) is 0. The number of piperazine rings is 1. The van der Waals surface area contributed by atoms with E-state index < -0.39 is 11.6 Å². The van der Waals surface area contributed by atoms with Crippen molar-refractivity contribution in [2.45, 2.75) is 83.0 Å². The Kier molecular flexibility index (Phi) is 10.9. The standard InChI is InChI=1S/C31H40ClN9/c1-3-14-31(2,37-39-35)15-13-29(36-38-34)25-7-8-26(21-33)27(20-25)22-40-16-18-41(19-17-40)30(23-5-4-6-23)24-9-11-28(32)12-10-24/h7-12,20,23,29-30H,3-6,13-19,22H2,1-2H3. The lowest BCUT2D eigenvalue weighted by molar-refractivity contribution is 0.0427. The normalized spacial score (nSPS) is 19.1. The largest absolute Gasteiger partial charge is 0.296 e. The maximum atomic E-state index is 9.85. The molecule has 1 aliphatic heterocycles. The number of hydrogen-bond acceptors (Lipinski definition) is 5. The van der Waals surface area contributed by atoms with Crippen molar-refractivity contribution in [3.8, 4) is 6.07 Å². The summed E-state index contributed by atoms with van der Waals surface area (Å²) in [6.07, 6.45) is 6.71. The molecule has 0 aromatic heterocycles. The molecule has 2 aromatic carbocycles. The molecule has 2 aliphatic rings. The zero-order valence-electron chi connectivity index (χ0n) is 24.2. The first kappa shape index (κ1) is 30.7. The Balaban J connectivity index is 1.45. The molecule has 1 aliphatic carbocycles. The first-order valence-corrected chi connectivity index (χ1v) is 15.1. The van der Waals surface area contributed by atoms with Gasteiger partial charge in [0.05, 0.1) is 17.7 Å². The maximum absolute atomic E-state index is 9.85. The van der Waals surface area contributed by atoms with E-state index in [9.17, 15) is 10.8 Å². The predicted octanol–water partition coefficient (Wildman–Crippen LogP) is 8.87.